The van der Waals surface area contributed by atoms with Gasteiger partial charge in [-0.2, -0.15) is 5.26 Å². The minimum atomic E-state index is -0.479. The van der Waals surface area contributed by atoms with Crippen LogP contribution in [0.3, 0.4) is 0 Å². The summed E-state index contributed by atoms with van der Waals surface area (Å²) in [6, 6.07) is 17.0. The number of hydrogen-bond acceptors (Lipinski definition) is 2. The molecule has 106 valence electrons. The first kappa shape index (κ1) is 13.7. The summed E-state index contributed by atoms with van der Waals surface area (Å²) >= 11 is 0. The van der Waals surface area contributed by atoms with E-state index in [1.807, 2.05) is 24.3 Å². The quantitative estimate of drug-likeness (QED) is 0.828. The van der Waals surface area contributed by atoms with Crippen molar-refractivity contribution in [3.8, 4) is 11.8 Å². The standard InChI is InChI=1S/C19H19NO/c1-14-7-8-15(2)16(11-14)12-19(13-20)9-10-21-18-6-4-3-5-17(18)19/h3-8,11H,9-10,12H2,1-2H3. The Balaban J connectivity index is 2.07. The highest BCUT2D eigenvalue weighted by atomic mass is 16.5. The Morgan fingerprint density at radius 3 is 2.81 bits per heavy atom. The van der Waals surface area contributed by atoms with Crippen molar-refractivity contribution < 1.29 is 4.74 Å². The lowest BCUT2D eigenvalue weighted by atomic mass is 9.72. The van der Waals surface area contributed by atoms with Crippen LogP contribution >= 0.6 is 0 Å². The summed E-state index contributed by atoms with van der Waals surface area (Å²) < 4.78 is 5.72. The predicted molar refractivity (Wildman–Crippen MR) is 83.5 cm³/mol. The molecule has 1 aliphatic heterocycles. The summed E-state index contributed by atoms with van der Waals surface area (Å²) in [4.78, 5) is 0. The molecule has 1 aliphatic rings. The van der Waals surface area contributed by atoms with Gasteiger partial charge < -0.3 is 4.74 Å². The van der Waals surface area contributed by atoms with E-state index in [0.717, 1.165) is 24.2 Å². The highest BCUT2D eigenvalue weighted by Crippen LogP contribution is 2.41. The first-order valence-electron chi connectivity index (χ1n) is 7.34. The fourth-order valence-corrected chi connectivity index (χ4v) is 3.11. The van der Waals surface area contributed by atoms with E-state index in [-0.39, 0.29) is 0 Å². The van der Waals surface area contributed by atoms with E-state index in [1.54, 1.807) is 0 Å². The summed E-state index contributed by atoms with van der Waals surface area (Å²) in [5, 5.41) is 9.90. The summed E-state index contributed by atoms with van der Waals surface area (Å²) in [7, 11) is 0. The Bertz CT molecular complexity index is 714. The first-order valence-corrected chi connectivity index (χ1v) is 7.34. The number of hydrogen-bond donors (Lipinski definition) is 0. The lowest BCUT2D eigenvalue weighted by Gasteiger charge is -2.33. The van der Waals surface area contributed by atoms with Gasteiger partial charge in [-0.15, -0.1) is 0 Å². The molecule has 0 saturated heterocycles. The molecule has 0 aromatic heterocycles. The van der Waals surface area contributed by atoms with Crippen LogP contribution in [0, 0.1) is 25.2 Å². The van der Waals surface area contributed by atoms with Gasteiger partial charge in [0, 0.05) is 12.0 Å². The van der Waals surface area contributed by atoms with E-state index in [9.17, 15) is 5.26 Å². The molecule has 0 amide bonds. The highest BCUT2D eigenvalue weighted by Gasteiger charge is 2.38. The van der Waals surface area contributed by atoms with Crippen molar-refractivity contribution in [2.45, 2.75) is 32.1 Å². The maximum atomic E-state index is 9.90. The van der Waals surface area contributed by atoms with E-state index in [4.69, 9.17) is 4.74 Å². The molecule has 0 radical (unpaired) electrons. The molecule has 3 rings (SSSR count). The summed E-state index contributed by atoms with van der Waals surface area (Å²) in [6.45, 7) is 4.82. The van der Waals surface area contributed by atoms with Crippen LogP contribution in [-0.2, 0) is 11.8 Å². The number of aryl methyl sites for hydroxylation is 2. The SMILES string of the molecule is Cc1ccc(C)c(CC2(C#N)CCOc3ccccc32)c1. The molecule has 0 fully saturated rings. The summed E-state index contributed by atoms with van der Waals surface area (Å²) in [5.41, 5.74) is 4.30. The van der Waals surface area contributed by atoms with Crippen LogP contribution in [0.5, 0.6) is 5.75 Å². The van der Waals surface area contributed by atoms with E-state index in [0.29, 0.717) is 6.61 Å². The molecule has 2 aromatic carbocycles. The van der Waals surface area contributed by atoms with E-state index < -0.39 is 5.41 Å². The second kappa shape index (κ2) is 5.26. The number of fused-ring (bicyclic) bond motifs is 1. The van der Waals surface area contributed by atoms with Crippen molar-refractivity contribution in [3.63, 3.8) is 0 Å². The third-order valence-electron chi connectivity index (χ3n) is 4.40. The molecule has 1 atom stereocenters. The monoisotopic (exact) mass is 277 g/mol. The van der Waals surface area contributed by atoms with Crippen molar-refractivity contribution in [1.82, 2.24) is 0 Å². The van der Waals surface area contributed by atoms with Crippen LogP contribution in [0.4, 0.5) is 0 Å². The second-order valence-electron chi connectivity index (χ2n) is 5.90. The number of ether oxygens (including phenoxy) is 1. The zero-order valence-electron chi connectivity index (χ0n) is 12.5. The van der Waals surface area contributed by atoms with E-state index >= 15 is 0 Å². The zero-order valence-corrected chi connectivity index (χ0v) is 12.5. The van der Waals surface area contributed by atoms with E-state index in [2.05, 4.69) is 38.1 Å². The molecule has 2 heteroatoms. The normalized spacial score (nSPS) is 20.2. The van der Waals surface area contributed by atoms with Gasteiger partial charge in [0.2, 0.25) is 0 Å². The molecule has 1 heterocycles. The maximum Gasteiger partial charge on any atom is 0.124 e. The molecule has 21 heavy (non-hydrogen) atoms. The van der Waals surface area contributed by atoms with Gasteiger partial charge in [-0.25, -0.2) is 0 Å². The first-order chi connectivity index (χ1) is 10.1. The molecule has 0 N–H and O–H groups in total. The fourth-order valence-electron chi connectivity index (χ4n) is 3.11. The van der Waals surface area contributed by atoms with Gasteiger partial charge in [0.15, 0.2) is 0 Å². The van der Waals surface area contributed by atoms with Crippen molar-refractivity contribution >= 4 is 0 Å². The van der Waals surface area contributed by atoms with Crippen LogP contribution in [0.2, 0.25) is 0 Å². The van der Waals surface area contributed by atoms with Gasteiger partial charge in [-0.05, 0) is 37.5 Å². The number of nitrogens with zero attached hydrogens (tertiary/aromatic N) is 1. The molecule has 2 nitrogen and oxygen atoms in total. The Hall–Kier alpha value is -2.27. The van der Waals surface area contributed by atoms with Crippen LogP contribution in [0.25, 0.3) is 0 Å². The van der Waals surface area contributed by atoms with Gasteiger partial charge in [0.05, 0.1) is 18.1 Å². The second-order valence-corrected chi connectivity index (χ2v) is 5.90. The van der Waals surface area contributed by atoms with Crippen LogP contribution in [0.1, 0.15) is 28.7 Å². The molecular formula is C19H19NO. The molecule has 0 saturated carbocycles. The van der Waals surface area contributed by atoms with Crippen LogP contribution < -0.4 is 4.74 Å². The number of para-hydroxylation sites is 1. The number of nitriles is 1. The van der Waals surface area contributed by atoms with Crippen molar-refractivity contribution in [1.29, 1.82) is 5.26 Å². The Kier molecular flexibility index (Phi) is 3.43. The number of benzene rings is 2. The lowest BCUT2D eigenvalue weighted by molar-refractivity contribution is 0.241. The molecule has 0 bridgehead atoms. The highest BCUT2D eigenvalue weighted by molar-refractivity contribution is 5.47. The summed E-state index contributed by atoms with van der Waals surface area (Å²) in [5.74, 6) is 0.857. The fraction of sp³-hybridized carbons (Fsp3) is 0.316. The van der Waals surface area contributed by atoms with Crippen LogP contribution in [-0.4, -0.2) is 6.61 Å². The van der Waals surface area contributed by atoms with Crippen molar-refractivity contribution in [2.75, 3.05) is 6.61 Å². The van der Waals surface area contributed by atoms with Gasteiger partial charge in [-0.3, -0.25) is 0 Å². The largest absolute Gasteiger partial charge is 0.493 e. The third kappa shape index (κ3) is 2.40. The van der Waals surface area contributed by atoms with Crippen molar-refractivity contribution in [2.24, 2.45) is 0 Å². The number of rotatable bonds is 2. The molecule has 0 spiro atoms. The van der Waals surface area contributed by atoms with Gasteiger partial charge in [-0.1, -0.05) is 42.0 Å². The van der Waals surface area contributed by atoms with Gasteiger partial charge in [0.25, 0.3) is 0 Å². The molecular weight excluding hydrogens is 258 g/mol. The third-order valence-corrected chi connectivity index (χ3v) is 4.40. The Labute approximate surface area is 126 Å². The van der Waals surface area contributed by atoms with Gasteiger partial charge >= 0.3 is 0 Å². The zero-order chi connectivity index (χ0) is 14.9. The molecule has 1 unspecified atom stereocenters. The minimum Gasteiger partial charge on any atom is -0.493 e. The maximum absolute atomic E-state index is 9.90. The Morgan fingerprint density at radius 1 is 1.19 bits per heavy atom. The average molecular weight is 277 g/mol. The lowest BCUT2D eigenvalue weighted by Crippen LogP contribution is -2.34. The van der Waals surface area contributed by atoms with E-state index in [1.165, 1.54) is 16.7 Å². The van der Waals surface area contributed by atoms with Crippen molar-refractivity contribution in [3.05, 3.63) is 64.7 Å². The molecule has 2 aromatic rings. The minimum absolute atomic E-state index is 0.479. The average Bonchev–Trinajstić information content (AvgIpc) is 2.51. The topological polar surface area (TPSA) is 33.0 Å². The Morgan fingerprint density at radius 2 is 2.00 bits per heavy atom. The smallest absolute Gasteiger partial charge is 0.124 e. The van der Waals surface area contributed by atoms with Gasteiger partial charge in [0.1, 0.15) is 5.75 Å². The molecule has 0 aliphatic carbocycles. The van der Waals surface area contributed by atoms with Crippen LogP contribution in [0.15, 0.2) is 42.5 Å². The predicted octanol–water partition coefficient (Wildman–Crippen LogP) is 4.09. The summed E-state index contributed by atoms with van der Waals surface area (Å²) in [6.07, 6.45) is 1.49.